The van der Waals surface area contributed by atoms with Gasteiger partial charge in [0.05, 0.1) is 18.8 Å². The highest BCUT2D eigenvalue weighted by atomic mass is 79.9. The number of ether oxygens (including phenoxy) is 1. The Labute approximate surface area is 189 Å². The van der Waals surface area contributed by atoms with Crippen molar-refractivity contribution in [2.24, 2.45) is 0 Å². The largest absolute Gasteiger partial charge is 0.506 e. The molecule has 0 aliphatic rings. The average Bonchev–Trinajstić information content (AvgIpc) is 2.78. The van der Waals surface area contributed by atoms with Crippen molar-refractivity contribution < 1.29 is 19.4 Å². The minimum atomic E-state index is -1.61. The zero-order valence-electron chi connectivity index (χ0n) is 17.1. The Morgan fingerprint density at radius 2 is 1.58 bits per heavy atom. The zero-order chi connectivity index (χ0) is 22.4. The van der Waals surface area contributed by atoms with Gasteiger partial charge in [0.15, 0.2) is 5.54 Å². The van der Waals surface area contributed by atoms with Gasteiger partial charge in [-0.15, -0.1) is 0 Å². The van der Waals surface area contributed by atoms with Crippen LogP contribution in [0.3, 0.4) is 0 Å². The third-order valence-electron chi connectivity index (χ3n) is 4.95. The van der Waals surface area contributed by atoms with E-state index in [1.54, 1.807) is 48.5 Å². The molecule has 0 heterocycles. The molecular weight excluding hydrogens is 460 g/mol. The molecule has 0 saturated heterocycles. The summed E-state index contributed by atoms with van der Waals surface area (Å²) in [6.07, 6.45) is 0. The lowest BCUT2D eigenvalue weighted by Gasteiger charge is -2.40. The number of phenolic OH excluding ortho intramolecular Hbond substituents is 1. The number of esters is 1. The molecule has 6 nitrogen and oxygen atoms in total. The van der Waals surface area contributed by atoms with Gasteiger partial charge in [0.25, 0.3) is 0 Å². The van der Waals surface area contributed by atoms with Crippen molar-refractivity contribution >= 4 is 33.5 Å². The van der Waals surface area contributed by atoms with Crippen molar-refractivity contribution in [3.63, 3.8) is 0 Å². The number of hydrogen-bond acceptors (Lipinski definition) is 5. The quantitative estimate of drug-likeness (QED) is 0.340. The second kappa shape index (κ2) is 9.66. The Morgan fingerprint density at radius 3 is 2.16 bits per heavy atom. The summed E-state index contributed by atoms with van der Waals surface area (Å²) in [6, 6.07) is 22.2. The van der Waals surface area contributed by atoms with Gasteiger partial charge in [0, 0.05) is 11.4 Å². The van der Waals surface area contributed by atoms with Crippen LogP contribution in [0.25, 0.3) is 0 Å². The predicted molar refractivity (Wildman–Crippen MR) is 123 cm³/mol. The number of anilines is 1. The number of hydrogen-bond donors (Lipinski definition) is 3. The molecule has 3 aromatic rings. The maximum Gasteiger partial charge on any atom is 0.338 e. The number of nitrogens with one attached hydrogen (secondary N) is 2. The molecule has 160 valence electrons. The zero-order valence-corrected chi connectivity index (χ0v) is 18.7. The summed E-state index contributed by atoms with van der Waals surface area (Å²) in [4.78, 5) is 25.7. The van der Waals surface area contributed by atoms with Gasteiger partial charge in [-0.1, -0.05) is 70.5 Å². The number of amides is 1. The number of phenols is 1. The van der Waals surface area contributed by atoms with Crippen LogP contribution in [-0.4, -0.2) is 24.1 Å². The fraction of sp³-hybridized carbons (Fsp3) is 0.167. The molecular formula is C24H23BrN2O4. The van der Waals surface area contributed by atoms with E-state index in [1.165, 1.54) is 14.0 Å². The van der Waals surface area contributed by atoms with Crippen LogP contribution in [0.2, 0.25) is 0 Å². The van der Waals surface area contributed by atoms with Crippen LogP contribution in [0.5, 0.6) is 5.75 Å². The van der Waals surface area contributed by atoms with Crippen LogP contribution in [0.1, 0.15) is 24.1 Å². The minimum absolute atomic E-state index is 0.0132. The first kappa shape index (κ1) is 22.4. The number of benzene rings is 3. The summed E-state index contributed by atoms with van der Waals surface area (Å²) >= 11 is 3.43. The van der Waals surface area contributed by atoms with E-state index in [9.17, 15) is 14.7 Å². The van der Waals surface area contributed by atoms with Crippen LogP contribution in [0, 0.1) is 0 Å². The third kappa shape index (κ3) is 4.72. The number of para-hydroxylation sites is 2. The van der Waals surface area contributed by atoms with Gasteiger partial charge in [0.2, 0.25) is 5.91 Å². The van der Waals surface area contributed by atoms with Crippen molar-refractivity contribution in [3.8, 4) is 5.75 Å². The first-order valence-electron chi connectivity index (χ1n) is 9.61. The predicted octanol–water partition coefficient (Wildman–Crippen LogP) is 4.51. The molecule has 0 fully saturated rings. The molecule has 3 rings (SSSR count). The first-order valence-corrected chi connectivity index (χ1v) is 10.4. The van der Waals surface area contributed by atoms with Crippen LogP contribution < -0.4 is 10.6 Å². The van der Waals surface area contributed by atoms with Gasteiger partial charge in [-0.2, -0.15) is 0 Å². The second-order valence-corrected chi connectivity index (χ2v) is 7.91. The van der Waals surface area contributed by atoms with Crippen molar-refractivity contribution in [2.75, 3.05) is 12.4 Å². The van der Waals surface area contributed by atoms with Gasteiger partial charge in [-0.3, -0.25) is 4.79 Å². The Balaban J connectivity index is 2.30. The normalized spacial score (nSPS) is 13.5. The third-order valence-corrected chi connectivity index (χ3v) is 5.48. The molecule has 0 saturated carbocycles. The molecule has 7 heteroatoms. The number of rotatable bonds is 7. The van der Waals surface area contributed by atoms with E-state index in [0.717, 1.165) is 4.47 Å². The monoisotopic (exact) mass is 482 g/mol. The molecule has 2 atom stereocenters. The molecule has 0 aliphatic heterocycles. The highest BCUT2D eigenvalue weighted by Gasteiger charge is 2.50. The Kier molecular flexibility index (Phi) is 6.97. The fourth-order valence-electron chi connectivity index (χ4n) is 3.59. The summed E-state index contributed by atoms with van der Waals surface area (Å²) in [5, 5.41) is 16.5. The lowest BCUT2D eigenvalue weighted by molar-refractivity contribution is -0.152. The van der Waals surface area contributed by atoms with Gasteiger partial charge in [-0.25, -0.2) is 4.79 Å². The molecule has 3 aromatic carbocycles. The van der Waals surface area contributed by atoms with E-state index < -0.39 is 23.5 Å². The minimum Gasteiger partial charge on any atom is -0.506 e. The van der Waals surface area contributed by atoms with Crippen molar-refractivity contribution in [2.45, 2.75) is 18.5 Å². The van der Waals surface area contributed by atoms with E-state index in [0.29, 0.717) is 16.8 Å². The summed E-state index contributed by atoms with van der Waals surface area (Å²) in [7, 11) is 1.28. The molecule has 0 radical (unpaired) electrons. The Morgan fingerprint density at radius 1 is 0.968 bits per heavy atom. The number of carbonyl (C=O) groups excluding carboxylic acids is 2. The van der Waals surface area contributed by atoms with Crippen LogP contribution in [0.15, 0.2) is 83.3 Å². The highest BCUT2D eigenvalue weighted by Crippen LogP contribution is 2.41. The topological polar surface area (TPSA) is 87.7 Å². The van der Waals surface area contributed by atoms with Crippen molar-refractivity contribution in [3.05, 3.63) is 94.5 Å². The molecule has 0 aliphatic carbocycles. The molecule has 1 amide bonds. The molecule has 0 spiro atoms. The molecule has 31 heavy (non-hydrogen) atoms. The first-order chi connectivity index (χ1) is 14.9. The number of carbonyl (C=O) groups is 2. The van der Waals surface area contributed by atoms with Gasteiger partial charge in [0.1, 0.15) is 5.75 Å². The Bertz CT molecular complexity index is 1060. The maximum atomic E-state index is 13.4. The summed E-state index contributed by atoms with van der Waals surface area (Å²) in [5.74, 6) is -1.04. The van der Waals surface area contributed by atoms with Gasteiger partial charge < -0.3 is 20.5 Å². The standard InChI is InChI=1S/C24H23BrN2O4/c1-16(28)27-24(23(30)31-2,18-8-4-3-5-9-18)22(17-12-14-19(25)15-13-17)26-20-10-6-7-11-21(20)29/h3-15,22,26,29H,1-2H3,(H,27,28)/t22-,24-/m0/s1. The van der Waals surface area contributed by atoms with Gasteiger partial charge in [-0.05, 0) is 35.4 Å². The molecule has 0 unspecified atom stereocenters. The summed E-state index contributed by atoms with van der Waals surface area (Å²) < 4.78 is 6.06. The van der Waals surface area contributed by atoms with Crippen molar-refractivity contribution in [1.29, 1.82) is 0 Å². The van der Waals surface area contributed by atoms with Crippen LogP contribution in [0.4, 0.5) is 5.69 Å². The number of methoxy groups -OCH3 is 1. The summed E-state index contributed by atoms with van der Waals surface area (Å²) in [5.41, 5.74) is 0.0325. The lowest BCUT2D eigenvalue weighted by Crippen LogP contribution is -2.57. The van der Waals surface area contributed by atoms with Crippen LogP contribution in [-0.2, 0) is 19.9 Å². The second-order valence-electron chi connectivity index (χ2n) is 6.99. The Hall–Kier alpha value is -3.32. The van der Waals surface area contributed by atoms with Crippen LogP contribution >= 0.6 is 15.9 Å². The number of halogens is 1. The van der Waals surface area contributed by atoms with Gasteiger partial charge >= 0.3 is 5.97 Å². The SMILES string of the molecule is COC(=O)[C@](NC(C)=O)(c1ccccc1)[C@@H](Nc1ccccc1O)c1ccc(Br)cc1. The number of aromatic hydroxyl groups is 1. The summed E-state index contributed by atoms with van der Waals surface area (Å²) in [6.45, 7) is 1.35. The fourth-order valence-corrected chi connectivity index (χ4v) is 3.85. The van der Waals surface area contributed by atoms with E-state index in [4.69, 9.17) is 4.74 Å². The smallest absolute Gasteiger partial charge is 0.338 e. The van der Waals surface area contributed by atoms with E-state index in [2.05, 4.69) is 26.6 Å². The maximum absolute atomic E-state index is 13.4. The van der Waals surface area contributed by atoms with E-state index in [1.807, 2.05) is 30.3 Å². The highest BCUT2D eigenvalue weighted by molar-refractivity contribution is 9.10. The van der Waals surface area contributed by atoms with E-state index >= 15 is 0 Å². The average molecular weight is 483 g/mol. The van der Waals surface area contributed by atoms with Crippen molar-refractivity contribution in [1.82, 2.24) is 5.32 Å². The lowest BCUT2D eigenvalue weighted by atomic mass is 9.78. The molecule has 0 bridgehead atoms. The van der Waals surface area contributed by atoms with E-state index in [-0.39, 0.29) is 5.75 Å². The molecule has 3 N–H and O–H groups in total. The molecule has 0 aromatic heterocycles.